The number of esters is 1. The molecule has 0 aliphatic heterocycles. The van der Waals surface area contributed by atoms with Crippen molar-refractivity contribution in [3.05, 3.63) is 47.4 Å². The topological polar surface area (TPSA) is 64.4 Å². The largest absolute Gasteiger partial charge is 0.460 e. The molecule has 0 spiro atoms. The number of aromatic nitrogens is 1. The first-order valence-corrected chi connectivity index (χ1v) is 7.54. The molecule has 2 aromatic heterocycles. The fraction of sp³-hybridized carbons (Fsp3) is 0.125. The lowest BCUT2D eigenvalue weighted by Crippen LogP contribution is -2.07. The van der Waals surface area contributed by atoms with Crippen LogP contribution in [0.2, 0.25) is 5.02 Å². The van der Waals surface area contributed by atoms with E-state index < -0.39 is 5.97 Å². The lowest BCUT2D eigenvalue weighted by atomic mass is 9.96. The van der Waals surface area contributed by atoms with Crippen molar-refractivity contribution in [2.75, 3.05) is 11.9 Å². The smallest absolute Gasteiger partial charge is 0.376 e. The third-order valence-electron chi connectivity index (χ3n) is 3.33. The molecule has 23 heavy (non-hydrogen) atoms. The number of nitrogens with one attached hydrogen (secondary N) is 1. The average Bonchev–Trinajstić information content (AvgIpc) is 2.89. The first kappa shape index (κ1) is 15.4. The van der Waals surface area contributed by atoms with Crippen molar-refractivity contribution in [2.45, 2.75) is 6.92 Å². The minimum absolute atomic E-state index is 0.103. The summed E-state index contributed by atoms with van der Waals surface area (Å²) in [6, 6.07) is 7.31. The van der Waals surface area contributed by atoms with Crippen LogP contribution in [0.5, 0.6) is 0 Å². The molecule has 1 N–H and O–H groups in total. The predicted octanol–water partition coefficient (Wildman–Crippen LogP) is 2.66. The fourth-order valence-corrected chi connectivity index (χ4v) is 2.54. The van der Waals surface area contributed by atoms with Gasteiger partial charge in [-0.05, 0) is 25.1 Å². The normalized spacial score (nSPS) is 10.7. The Morgan fingerprint density at radius 1 is 1.43 bits per heavy atom. The number of anilines is 2. The van der Waals surface area contributed by atoms with Gasteiger partial charge >= 0.3 is 5.97 Å². The van der Waals surface area contributed by atoms with Crippen LogP contribution >= 0.6 is 11.6 Å². The minimum atomic E-state index is -0.533. The van der Waals surface area contributed by atoms with Gasteiger partial charge < -0.3 is 14.5 Å². The van der Waals surface area contributed by atoms with Crippen LogP contribution in [0.3, 0.4) is 0 Å². The van der Waals surface area contributed by atoms with Crippen LogP contribution in [0.4, 0.5) is 11.4 Å². The zero-order chi connectivity index (χ0) is 16.4. The van der Waals surface area contributed by atoms with E-state index in [1.54, 1.807) is 25.4 Å². The van der Waals surface area contributed by atoms with Crippen LogP contribution in [0.15, 0.2) is 41.1 Å². The van der Waals surface area contributed by atoms with Gasteiger partial charge in [0.1, 0.15) is 19.1 Å². The van der Waals surface area contributed by atoms with Gasteiger partial charge in [-0.3, -0.25) is 4.98 Å². The van der Waals surface area contributed by atoms with Crippen molar-refractivity contribution >= 4 is 53.2 Å². The van der Waals surface area contributed by atoms with Crippen LogP contribution < -0.4 is 10.8 Å². The highest BCUT2D eigenvalue weighted by Crippen LogP contribution is 2.34. The molecule has 2 heterocycles. The van der Waals surface area contributed by atoms with Gasteiger partial charge in [0.05, 0.1) is 22.7 Å². The number of fused-ring (bicyclic) bond motifs is 1. The van der Waals surface area contributed by atoms with Crippen molar-refractivity contribution in [2.24, 2.45) is 0 Å². The summed E-state index contributed by atoms with van der Waals surface area (Å²) >= 11 is 6.27. The van der Waals surface area contributed by atoms with Crippen LogP contribution in [0.1, 0.15) is 17.5 Å². The van der Waals surface area contributed by atoms with E-state index in [1.165, 1.54) is 0 Å². The maximum absolute atomic E-state index is 12.2. The molecular formula is C16H14BClN2O3. The molecule has 5 nitrogen and oxygen atoms in total. The Balaban J connectivity index is 2.10. The van der Waals surface area contributed by atoms with Gasteiger partial charge in [0, 0.05) is 12.4 Å². The van der Waals surface area contributed by atoms with Crippen LogP contribution in [0, 0.1) is 0 Å². The molecule has 116 valence electrons. The number of benzene rings is 1. The highest BCUT2D eigenvalue weighted by Gasteiger charge is 2.22. The maximum Gasteiger partial charge on any atom is 0.376 e. The predicted molar refractivity (Wildman–Crippen MR) is 92.9 cm³/mol. The summed E-state index contributed by atoms with van der Waals surface area (Å²) in [6.07, 6.45) is 3.23. The molecule has 3 rings (SSSR count). The van der Waals surface area contributed by atoms with Crippen LogP contribution in [-0.2, 0) is 4.74 Å². The van der Waals surface area contributed by atoms with Crippen molar-refractivity contribution in [1.82, 2.24) is 4.98 Å². The Hall–Kier alpha value is -2.47. The molecule has 0 atom stereocenters. The van der Waals surface area contributed by atoms with Crippen molar-refractivity contribution in [3.8, 4) is 0 Å². The first-order valence-electron chi connectivity index (χ1n) is 7.17. The number of rotatable bonds is 4. The van der Waals surface area contributed by atoms with E-state index in [2.05, 4.69) is 10.3 Å². The van der Waals surface area contributed by atoms with Crippen molar-refractivity contribution < 1.29 is 13.9 Å². The highest BCUT2D eigenvalue weighted by atomic mass is 35.5. The molecular weight excluding hydrogens is 314 g/mol. The van der Waals surface area contributed by atoms with Gasteiger partial charge in [-0.1, -0.05) is 23.1 Å². The number of carbonyl (C=O) groups is 1. The van der Waals surface area contributed by atoms with E-state index in [9.17, 15) is 4.79 Å². The van der Waals surface area contributed by atoms with E-state index in [0.29, 0.717) is 27.4 Å². The zero-order valence-corrected chi connectivity index (χ0v) is 13.5. The standard InChI is InChI=1S/C16H14BClN2O3/c1-2-22-16(21)15-14(10-8-19-6-5-13(10)23-15)20-12-4-3-9(17)7-11(12)18/h3-8,20H,2,17H2,1H3. The molecule has 3 aromatic rings. The number of nitrogens with zero attached hydrogens (tertiary/aromatic N) is 1. The van der Waals surface area contributed by atoms with Crippen molar-refractivity contribution in [1.29, 1.82) is 0 Å². The molecule has 0 bridgehead atoms. The van der Waals surface area contributed by atoms with Crippen LogP contribution in [-0.4, -0.2) is 25.4 Å². The van der Waals surface area contributed by atoms with Gasteiger partial charge in [-0.25, -0.2) is 4.79 Å². The lowest BCUT2D eigenvalue weighted by Gasteiger charge is -2.09. The third kappa shape index (κ3) is 3.03. The second kappa shape index (κ2) is 6.34. The van der Waals surface area contributed by atoms with E-state index in [1.807, 2.05) is 26.0 Å². The molecule has 0 radical (unpaired) electrons. The van der Waals surface area contributed by atoms with Gasteiger partial charge in [0.15, 0.2) is 0 Å². The number of hydrogen-bond acceptors (Lipinski definition) is 5. The second-order valence-electron chi connectivity index (χ2n) is 5.01. The molecule has 0 amide bonds. The number of carbonyl (C=O) groups excluding carboxylic acids is 1. The average molecular weight is 329 g/mol. The maximum atomic E-state index is 12.2. The summed E-state index contributed by atoms with van der Waals surface area (Å²) in [7, 11) is 1.96. The first-order chi connectivity index (χ1) is 11.1. The fourth-order valence-electron chi connectivity index (χ4n) is 2.26. The Morgan fingerprint density at radius 3 is 3.00 bits per heavy atom. The van der Waals surface area contributed by atoms with E-state index in [-0.39, 0.29) is 12.4 Å². The molecule has 0 saturated heterocycles. The summed E-state index contributed by atoms with van der Waals surface area (Å²) < 4.78 is 10.7. The molecule has 0 aliphatic carbocycles. The summed E-state index contributed by atoms with van der Waals surface area (Å²) in [5.74, 6) is -0.430. The minimum Gasteiger partial charge on any atom is -0.460 e. The van der Waals surface area contributed by atoms with Gasteiger partial charge in [-0.2, -0.15) is 0 Å². The van der Waals surface area contributed by atoms with Gasteiger partial charge in [-0.15, -0.1) is 0 Å². The quantitative estimate of drug-likeness (QED) is 0.589. The summed E-state index contributed by atoms with van der Waals surface area (Å²) in [5.41, 5.74) is 2.77. The van der Waals surface area contributed by atoms with Crippen molar-refractivity contribution in [3.63, 3.8) is 0 Å². The van der Waals surface area contributed by atoms with Crippen LogP contribution in [0.25, 0.3) is 11.0 Å². The number of halogens is 1. The number of ether oxygens (including phenoxy) is 1. The van der Waals surface area contributed by atoms with Gasteiger partial charge in [0.25, 0.3) is 0 Å². The van der Waals surface area contributed by atoms with E-state index in [0.717, 1.165) is 5.46 Å². The molecule has 1 aromatic carbocycles. The molecule has 0 aliphatic rings. The van der Waals surface area contributed by atoms with E-state index in [4.69, 9.17) is 20.8 Å². The molecule has 0 unspecified atom stereocenters. The SMILES string of the molecule is Bc1ccc(Nc2c(C(=O)OCC)oc3ccncc23)c(Cl)c1. The molecule has 7 heteroatoms. The van der Waals surface area contributed by atoms with Gasteiger partial charge in [0.2, 0.25) is 5.76 Å². The second-order valence-corrected chi connectivity index (χ2v) is 5.41. The Morgan fingerprint density at radius 2 is 2.26 bits per heavy atom. The zero-order valence-electron chi connectivity index (χ0n) is 12.7. The Labute approximate surface area is 139 Å². The number of pyridine rings is 1. The molecule has 0 saturated carbocycles. The summed E-state index contributed by atoms with van der Waals surface area (Å²) in [6.45, 7) is 2.00. The third-order valence-corrected chi connectivity index (χ3v) is 3.65. The van der Waals surface area contributed by atoms with E-state index >= 15 is 0 Å². The summed E-state index contributed by atoms with van der Waals surface area (Å²) in [4.78, 5) is 16.2. The number of hydrogen-bond donors (Lipinski definition) is 1. The Bertz CT molecular complexity index is 879. The number of furan rings is 1. The molecule has 0 fully saturated rings. The highest BCUT2D eigenvalue weighted by molar-refractivity contribution is 6.37. The monoisotopic (exact) mass is 328 g/mol. The summed E-state index contributed by atoms with van der Waals surface area (Å²) in [5, 5.41) is 4.40. The Kier molecular flexibility index (Phi) is 4.25. The lowest BCUT2D eigenvalue weighted by molar-refractivity contribution is 0.0494.